The second kappa shape index (κ2) is 4.44. The number of fused-ring (bicyclic) bond motifs is 1. The summed E-state index contributed by atoms with van der Waals surface area (Å²) in [6, 6.07) is 0. The van der Waals surface area contributed by atoms with Crippen LogP contribution >= 0.6 is 0 Å². The fourth-order valence-electron chi connectivity index (χ4n) is 1.49. The molecule has 0 saturated carbocycles. The van der Waals surface area contributed by atoms with Gasteiger partial charge in [0.25, 0.3) is 5.56 Å². The predicted molar refractivity (Wildman–Crippen MR) is 63.9 cm³/mol. The monoisotopic (exact) mass is 257 g/mol. The molecule has 1 aromatic heterocycles. The molecule has 1 unspecified atom stereocenters. The average molecular weight is 257 g/mol. The summed E-state index contributed by atoms with van der Waals surface area (Å²) >= 11 is 0. The van der Waals surface area contributed by atoms with Crippen molar-refractivity contribution in [2.75, 3.05) is 36.0 Å². The molecule has 18 heavy (non-hydrogen) atoms. The van der Waals surface area contributed by atoms with Crippen LogP contribution in [0, 0.1) is 0 Å². The van der Waals surface area contributed by atoms with Crippen molar-refractivity contribution >= 4 is 17.5 Å². The van der Waals surface area contributed by atoms with Crippen LogP contribution in [0.1, 0.15) is 6.92 Å². The highest BCUT2D eigenvalue weighted by atomic mass is 16.6. The van der Waals surface area contributed by atoms with E-state index in [0.717, 1.165) is 0 Å². The third kappa shape index (κ3) is 2.37. The summed E-state index contributed by atoms with van der Waals surface area (Å²) in [5.41, 5.74) is 5.39. The van der Waals surface area contributed by atoms with Gasteiger partial charge >= 0.3 is 0 Å². The average Bonchev–Trinajstić information content (AvgIpc) is 2.70. The number of nitrogens with zero attached hydrogens (tertiary/aromatic N) is 2. The van der Waals surface area contributed by atoms with Gasteiger partial charge in [0.15, 0.2) is 11.6 Å². The molecular formula is C9H15N5O4. The van der Waals surface area contributed by atoms with Gasteiger partial charge in [-0.15, -0.1) is 0 Å². The van der Waals surface area contributed by atoms with Crippen LogP contribution in [0.3, 0.4) is 0 Å². The maximum atomic E-state index is 11.5. The number of aliphatic hydroxyl groups excluding tert-OH is 1. The number of anilines is 3. The third-order valence-corrected chi connectivity index (χ3v) is 2.49. The van der Waals surface area contributed by atoms with Gasteiger partial charge in [0, 0.05) is 0 Å². The van der Waals surface area contributed by atoms with Crippen molar-refractivity contribution in [2.24, 2.45) is 0 Å². The van der Waals surface area contributed by atoms with Gasteiger partial charge in [-0.2, -0.15) is 4.98 Å². The van der Waals surface area contributed by atoms with Crippen molar-refractivity contribution in [3.05, 3.63) is 10.4 Å². The van der Waals surface area contributed by atoms with Crippen molar-refractivity contribution in [1.82, 2.24) is 9.97 Å². The zero-order valence-corrected chi connectivity index (χ0v) is 9.80. The minimum atomic E-state index is -1.64. The van der Waals surface area contributed by atoms with Crippen LogP contribution < -0.4 is 21.5 Å². The summed E-state index contributed by atoms with van der Waals surface area (Å²) in [7, 11) is 0. The minimum absolute atomic E-state index is 0.00127. The first-order valence-electron chi connectivity index (χ1n) is 5.29. The van der Waals surface area contributed by atoms with Crippen LogP contribution in [0.5, 0.6) is 0 Å². The Morgan fingerprint density at radius 1 is 1.67 bits per heavy atom. The molecule has 1 aromatic rings. The van der Waals surface area contributed by atoms with Crippen LogP contribution in [0.25, 0.3) is 0 Å². The van der Waals surface area contributed by atoms with Crippen LogP contribution in [0.15, 0.2) is 4.79 Å². The Balaban J connectivity index is 2.15. The molecule has 1 aliphatic heterocycles. The van der Waals surface area contributed by atoms with Crippen molar-refractivity contribution in [1.29, 1.82) is 0 Å². The van der Waals surface area contributed by atoms with Crippen molar-refractivity contribution in [3.8, 4) is 0 Å². The van der Waals surface area contributed by atoms with Crippen molar-refractivity contribution < 1.29 is 14.9 Å². The van der Waals surface area contributed by atoms with Gasteiger partial charge in [-0.25, -0.2) is 0 Å². The molecular weight excluding hydrogens is 242 g/mol. The number of nitrogens with two attached hydrogens (primary N) is 1. The zero-order chi connectivity index (χ0) is 13.3. The molecule has 9 heteroatoms. The quantitative estimate of drug-likeness (QED) is 0.399. The van der Waals surface area contributed by atoms with E-state index < -0.39 is 12.4 Å². The Labute approximate surface area is 102 Å². The first-order chi connectivity index (χ1) is 8.43. The molecule has 1 atom stereocenters. The number of nitrogen functional groups attached to an aromatic ring is 1. The van der Waals surface area contributed by atoms with Crippen LogP contribution in [0.4, 0.5) is 17.5 Å². The molecule has 0 spiro atoms. The summed E-state index contributed by atoms with van der Waals surface area (Å²) in [6.07, 6.45) is 0. The van der Waals surface area contributed by atoms with E-state index in [1.165, 1.54) is 6.92 Å². The molecule has 0 saturated heterocycles. The molecule has 100 valence electrons. The van der Waals surface area contributed by atoms with Gasteiger partial charge in [0.2, 0.25) is 5.95 Å². The van der Waals surface area contributed by atoms with Gasteiger partial charge in [0.05, 0.1) is 13.3 Å². The maximum absolute atomic E-state index is 11.5. The number of aromatic nitrogens is 2. The highest BCUT2D eigenvalue weighted by Gasteiger charge is 2.27. The van der Waals surface area contributed by atoms with E-state index in [1.807, 2.05) is 0 Å². The van der Waals surface area contributed by atoms with Gasteiger partial charge < -0.3 is 30.9 Å². The molecule has 0 fully saturated rings. The van der Waals surface area contributed by atoms with Gasteiger partial charge in [-0.1, -0.05) is 0 Å². The maximum Gasteiger partial charge on any atom is 0.277 e. The van der Waals surface area contributed by atoms with E-state index in [2.05, 4.69) is 15.3 Å². The van der Waals surface area contributed by atoms with E-state index >= 15 is 0 Å². The van der Waals surface area contributed by atoms with Crippen LogP contribution in [-0.4, -0.2) is 46.0 Å². The molecule has 6 N–H and O–H groups in total. The predicted octanol–water partition coefficient (Wildman–Crippen LogP) is -1.78. The van der Waals surface area contributed by atoms with Crippen LogP contribution in [0.2, 0.25) is 0 Å². The molecule has 2 heterocycles. The Hall–Kier alpha value is -1.84. The number of nitrogens with one attached hydrogen (secondary N) is 2. The fraction of sp³-hybridized carbons (Fsp3) is 0.556. The SMILES string of the molecule is CC(O)(CO)OCN1CNc2c1nc(N)[nH]c2=O. The number of aromatic amines is 1. The molecule has 0 aromatic carbocycles. The Morgan fingerprint density at radius 2 is 2.39 bits per heavy atom. The van der Waals surface area contributed by atoms with E-state index in [1.54, 1.807) is 4.90 Å². The minimum Gasteiger partial charge on any atom is -0.391 e. The van der Waals surface area contributed by atoms with E-state index in [4.69, 9.17) is 15.6 Å². The smallest absolute Gasteiger partial charge is 0.277 e. The summed E-state index contributed by atoms with van der Waals surface area (Å²) in [4.78, 5) is 19.5. The summed E-state index contributed by atoms with van der Waals surface area (Å²) in [6.45, 7) is 1.06. The normalized spacial score (nSPS) is 17.2. The second-order valence-corrected chi connectivity index (χ2v) is 4.13. The second-order valence-electron chi connectivity index (χ2n) is 4.13. The fourth-order valence-corrected chi connectivity index (χ4v) is 1.49. The molecule has 0 aliphatic carbocycles. The number of ether oxygens (including phenoxy) is 1. The molecule has 1 aliphatic rings. The highest BCUT2D eigenvalue weighted by Crippen LogP contribution is 2.25. The van der Waals surface area contributed by atoms with E-state index in [-0.39, 0.29) is 18.2 Å². The summed E-state index contributed by atoms with van der Waals surface area (Å²) < 4.78 is 5.10. The van der Waals surface area contributed by atoms with Crippen molar-refractivity contribution in [2.45, 2.75) is 12.7 Å². The lowest BCUT2D eigenvalue weighted by Gasteiger charge is -2.25. The number of H-pyrrole nitrogens is 1. The molecule has 0 bridgehead atoms. The lowest BCUT2D eigenvalue weighted by atomic mass is 10.3. The number of hydrogen-bond donors (Lipinski definition) is 5. The Kier molecular flexibility index (Phi) is 3.11. The largest absolute Gasteiger partial charge is 0.391 e. The van der Waals surface area contributed by atoms with E-state index in [0.29, 0.717) is 18.2 Å². The van der Waals surface area contributed by atoms with Gasteiger partial charge in [-0.05, 0) is 6.92 Å². The van der Waals surface area contributed by atoms with Gasteiger partial charge in [-0.3, -0.25) is 9.78 Å². The first kappa shape index (κ1) is 12.6. The molecule has 0 radical (unpaired) electrons. The lowest BCUT2D eigenvalue weighted by Crippen LogP contribution is -2.38. The van der Waals surface area contributed by atoms with E-state index in [9.17, 15) is 9.90 Å². The Bertz CT molecular complexity index is 500. The molecule has 9 nitrogen and oxygen atoms in total. The number of rotatable bonds is 4. The zero-order valence-electron chi connectivity index (χ0n) is 9.80. The van der Waals surface area contributed by atoms with Gasteiger partial charge in [0.1, 0.15) is 12.4 Å². The topological polar surface area (TPSA) is 137 Å². The first-order valence-corrected chi connectivity index (χ1v) is 5.29. The molecule has 2 rings (SSSR count). The van der Waals surface area contributed by atoms with Crippen LogP contribution in [-0.2, 0) is 4.74 Å². The standard InChI is InChI=1S/C9H15N5O4/c1-9(17,2-15)18-4-14-3-11-5-6(14)12-8(10)13-7(5)16/h11,15,17H,2-4H2,1H3,(H3,10,12,13,16). The number of aliphatic hydroxyl groups is 2. The van der Waals surface area contributed by atoms with Crippen molar-refractivity contribution in [3.63, 3.8) is 0 Å². The number of hydrogen-bond acceptors (Lipinski definition) is 8. The third-order valence-electron chi connectivity index (χ3n) is 2.49. The lowest BCUT2D eigenvalue weighted by molar-refractivity contribution is -0.210. The Morgan fingerprint density at radius 3 is 3.06 bits per heavy atom. The molecule has 0 amide bonds. The summed E-state index contributed by atoms with van der Waals surface area (Å²) in [5.74, 6) is -1.29. The summed E-state index contributed by atoms with van der Waals surface area (Å²) in [5, 5.41) is 21.2. The highest BCUT2D eigenvalue weighted by molar-refractivity contribution is 5.70.